The fourth-order valence-corrected chi connectivity index (χ4v) is 4.23. The molecular weight excluding hydrogens is 298 g/mol. The van der Waals surface area contributed by atoms with E-state index in [0.29, 0.717) is 5.92 Å². The van der Waals surface area contributed by atoms with Gasteiger partial charge in [-0.15, -0.1) is 0 Å². The lowest BCUT2D eigenvalue weighted by molar-refractivity contribution is -0.0417. The maximum absolute atomic E-state index is 9.92. The number of ether oxygens (including phenoxy) is 1. The molecule has 2 saturated heterocycles. The van der Waals surface area contributed by atoms with Gasteiger partial charge in [-0.1, -0.05) is 54.6 Å². The standard InChI is InChI=1S/C21H25NO2/c23-16-21-10-11-24-14-20(21)13-22(15-21)12-17-6-8-19(9-7-17)18-4-2-1-3-5-18/h1-9,20,23H,10-16H2/t20-,21-/m1/s1. The summed E-state index contributed by atoms with van der Waals surface area (Å²) in [4.78, 5) is 2.48. The van der Waals surface area contributed by atoms with Crippen LogP contribution in [0.5, 0.6) is 0 Å². The van der Waals surface area contributed by atoms with E-state index in [4.69, 9.17) is 4.74 Å². The van der Waals surface area contributed by atoms with Crippen LogP contribution in [-0.4, -0.2) is 42.9 Å². The molecule has 0 saturated carbocycles. The zero-order valence-corrected chi connectivity index (χ0v) is 14.0. The number of hydrogen-bond acceptors (Lipinski definition) is 3. The highest BCUT2D eigenvalue weighted by Crippen LogP contribution is 2.42. The second-order valence-electron chi connectivity index (χ2n) is 7.27. The zero-order chi connectivity index (χ0) is 16.4. The number of aliphatic hydroxyl groups is 1. The van der Waals surface area contributed by atoms with E-state index in [1.807, 2.05) is 6.07 Å². The molecule has 0 aliphatic carbocycles. The van der Waals surface area contributed by atoms with E-state index in [2.05, 4.69) is 53.4 Å². The number of fused-ring (bicyclic) bond motifs is 1. The van der Waals surface area contributed by atoms with Crippen LogP contribution in [0.15, 0.2) is 54.6 Å². The fraction of sp³-hybridized carbons (Fsp3) is 0.429. The van der Waals surface area contributed by atoms with Crippen molar-refractivity contribution in [2.75, 3.05) is 32.9 Å². The molecule has 0 aromatic heterocycles. The molecule has 0 bridgehead atoms. The van der Waals surface area contributed by atoms with Crippen molar-refractivity contribution in [3.05, 3.63) is 60.2 Å². The molecule has 0 amide bonds. The van der Waals surface area contributed by atoms with Crippen molar-refractivity contribution < 1.29 is 9.84 Å². The molecule has 0 unspecified atom stereocenters. The van der Waals surface area contributed by atoms with Crippen LogP contribution >= 0.6 is 0 Å². The molecule has 0 radical (unpaired) electrons. The number of likely N-dealkylation sites (tertiary alicyclic amines) is 1. The first-order chi connectivity index (χ1) is 11.8. The van der Waals surface area contributed by atoms with Gasteiger partial charge in [0.1, 0.15) is 0 Å². The van der Waals surface area contributed by atoms with Crippen LogP contribution < -0.4 is 0 Å². The van der Waals surface area contributed by atoms with Gasteiger partial charge in [0.15, 0.2) is 0 Å². The molecule has 24 heavy (non-hydrogen) atoms. The molecule has 3 heteroatoms. The van der Waals surface area contributed by atoms with Gasteiger partial charge >= 0.3 is 0 Å². The summed E-state index contributed by atoms with van der Waals surface area (Å²) >= 11 is 0. The molecule has 2 atom stereocenters. The van der Waals surface area contributed by atoms with Crippen LogP contribution in [0.25, 0.3) is 11.1 Å². The molecule has 2 aromatic carbocycles. The molecule has 0 spiro atoms. The summed E-state index contributed by atoms with van der Waals surface area (Å²) in [5, 5.41) is 9.92. The fourth-order valence-electron chi connectivity index (χ4n) is 4.23. The Balaban J connectivity index is 1.45. The number of aliphatic hydroxyl groups excluding tert-OH is 1. The molecular formula is C21H25NO2. The lowest BCUT2D eigenvalue weighted by Crippen LogP contribution is -2.41. The monoisotopic (exact) mass is 323 g/mol. The Bertz CT molecular complexity index is 670. The summed E-state index contributed by atoms with van der Waals surface area (Å²) in [6.07, 6.45) is 0.984. The number of hydrogen-bond donors (Lipinski definition) is 1. The van der Waals surface area contributed by atoms with Crippen molar-refractivity contribution in [2.45, 2.75) is 13.0 Å². The molecule has 3 nitrogen and oxygen atoms in total. The van der Waals surface area contributed by atoms with E-state index in [1.54, 1.807) is 0 Å². The first-order valence-electron chi connectivity index (χ1n) is 8.84. The van der Waals surface area contributed by atoms with E-state index >= 15 is 0 Å². The van der Waals surface area contributed by atoms with Gasteiger partial charge in [0.05, 0.1) is 13.2 Å². The summed E-state index contributed by atoms with van der Waals surface area (Å²) in [6, 6.07) is 19.4. The van der Waals surface area contributed by atoms with Crippen LogP contribution in [0.4, 0.5) is 0 Å². The van der Waals surface area contributed by atoms with Crippen molar-refractivity contribution in [3.63, 3.8) is 0 Å². The molecule has 4 rings (SSSR count). The Morgan fingerprint density at radius 3 is 2.50 bits per heavy atom. The zero-order valence-electron chi connectivity index (χ0n) is 14.0. The molecule has 1 N–H and O–H groups in total. The third kappa shape index (κ3) is 3.00. The lowest BCUT2D eigenvalue weighted by Gasteiger charge is -2.36. The molecule has 2 aromatic rings. The predicted molar refractivity (Wildman–Crippen MR) is 95.6 cm³/mol. The Labute approximate surface area is 143 Å². The average Bonchev–Trinajstić information content (AvgIpc) is 3.01. The first kappa shape index (κ1) is 15.8. The van der Waals surface area contributed by atoms with Gasteiger partial charge in [-0.3, -0.25) is 4.90 Å². The lowest BCUT2D eigenvalue weighted by atomic mass is 9.75. The summed E-state index contributed by atoms with van der Waals surface area (Å²) in [6.45, 7) is 4.83. The molecule has 126 valence electrons. The van der Waals surface area contributed by atoms with Gasteiger partial charge in [0.2, 0.25) is 0 Å². The molecule has 2 fully saturated rings. The highest BCUT2D eigenvalue weighted by molar-refractivity contribution is 5.63. The number of benzene rings is 2. The Morgan fingerprint density at radius 1 is 1.04 bits per heavy atom. The Hall–Kier alpha value is -1.68. The second kappa shape index (κ2) is 6.67. The smallest absolute Gasteiger partial charge is 0.0513 e. The van der Waals surface area contributed by atoms with Crippen LogP contribution in [-0.2, 0) is 11.3 Å². The van der Waals surface area contributed by atoms with Crippen molar-refractivity contribution in [1.82, 2.24) is 4.90 Å². The SMILES string of the molecule is OC[C@]12CCOC[C@H]1CN(Cc1ccc(-c3ccccc3)cc1)C2. The summed E-state index contributed by atoms with van der Waals surface area (Å²) in [7, 11) is 0. The highest BCUT2D eigenvalue weighted by Gasteiger charge is 2.47. The maximum atomic E-state index is 9.92. The van der Waals surface area contributed by atoms with Crippen LogP contribution in [0, 0.1) is 11.3 Å². The predicted octanol–water partition coefficient (Wildman–Crippen LogP) is 3.18. The van der Waals surface area contributed by atoms with E-state index in [0.717, 1.165) is 39.3 Å². The van der Waals surface area contributed by atoms with Gasteiger partial charge in [-0.25, -0.2) is 0 Å². The molecule has 2 aliphatic heterocycles. The largest absolute Gasteiger partial charge is 0.396 e. The minimum Gasteiger partial charge on any atom is -0.396 e. The maximum Gasteiger partial charge on any atom is 0.0513 e. The minimum atomic E-state index is 0.0578. The summed E-state index contributed by atoms with van der Waals surface area (Å²) in [5.74, 6) is 0.472. The summed E-state index contributed by atoms with van der Waals surface area (Å²) in [5.41, 5.74) is 3.91. The van der Waals surface area contributed by atoms with E-state index in [1.165, 1.54) is 16.7 Å². The summed E-state index contributed by atoms with van der Waals surface area (Å²) < 4.78 is 5.64. The van der Waals surface area contributed by atoms with Gasteiger partial charge in [-0.2, -0.15) is 0 Å². The normalized spacial score (nSPS) is 27.1. The Kier molecular flexibility index (Phi) is 4.40. The minimum absolute atomic E-state index is 0.0578. The molecule has 2 heterocycles. The van der Waals surface area contributed by atoms with Gasteiger partial charge in [-0.05, 0) is 23.1 Å². The van der Waals surface area contributed by atoms with E-state index in [9.17, 15) is 5.11 Å². The first-order valence-corrected chi connectivity index (χ1v) is 8.84. The quantitative estimate of drug-likeness (QED) is 0.938. The van der Waals surface area contributed by atoms with E-state index in [-0.39, 0.29) is 12.0 Å². The average molecular weight is 323 g/mol. The number of rotatable bonds is 4. The van der Waals surface area contributed by atoms with Crippen molar-refractivity contribution in [1.29, 1.82) is 0 Å². The Morgan fingerprint density at radius 2 is 1.79 bits per heavy atom. The van der Waals surface area contributed by atoms with Gasteiger partial charge < -0.3 is 9.84 Å². The number of nitrogens with zero attached hydrogens (tertiary/aromatic N) is 1. The van der Waals surface area contributed by atoms with Crippen molar-refractivity contribution in [3.8, 4) is 11.1 Å². The highest BCUT2D eigenvalue weighted by atomic mass is 16.5. The van der Waals surface area contributed by atoms with Crippen molar-refractivity contribution >= 4 is 0 Å². The third-order valence-corrected chi connectivity index (χ3v) is 5.73. The van der Waals surface area contributed by atoms with Crippen LogP contribution in [0.2, 0.25) is 0 Å². The van der Waals surface area contributed by atoms with Crippen LogP contribution in [0.1, 0.15) is 12.0 Å². The van der Waals surface area contributed by atoms with Gasteiger partial charge in [0.25, 0.3) is 0 Å². The third-order valence-electron chi connectivity index (χ3n) is 5.73. The van der Waals surface area contributed by atoms with Crippen LogP contribution in [0.3, 0.4) is 0 Å². The van der Waals surface area contributed by atoms with E-state index < -0.39 is 0 Å². The van der Waals surface area contributed by atoms with Gasteiger partial charge in [0, 0.05) is 37.6 Å². The topological polar surface area (TPSA) is 32.7 Å². The second-order valence-corrected chi connectivity index (χ2v) is 7.27. The van der Waals surface area contributed by atoms with Crippen molar-refractivity contribution in [2.24, 2.45) is 11.3 Å². The molecule has 2 aliphatic rings.